The molecule has 5 nitrogen and oxygen atoms in total. The lowest BCUT2D eigenvalue weighted by molar-refractivity contribution is 0.0951. The van der Waals surface area contributed by atoms with E-state index in [9.17, 15) is 13.6 Å². The summed E-state index contributed by atoms with van der Waals surface area (Å²) in [7, 11) is 0. The normalized spacial score (nSPS) is 10.7. The maximum absolute atomic E-state index is 14.5. The van der Waals surface area contributed by atoms with E-state index >= 15 is 0 Å². The quantitative estimate of drug-likeness (QED) is 0.343. The van der Waals surface area contributed by atoms with Gasteiger partial charge in [0.25, 0.3) is 5.91 Å². The topological polar surface area (TPSA) is 66.9 Å². The molecule has 4 rings (SSSR count). The van der Waals surface area contributed by atoms with E-state index in [-0.39, 0.29) is 34.7 Å². The number of nitrogens with one attached hydrogen (secondary N) is 2. The van der Waals surface area contributed by atoms with Gasteiger partial charge in [0.15, 0.2) is 0 Å². The van der Waals surface area contributed by atoms with Gasteiger partial charge in [0.2, 0.25) is 0 Å². The lowest BCUT2D eigenvalue weighted by Gasteiger charge is -2.14. The molecule has 0 saturated heterocycles. The average molecular weight is 479 g/mol. The summed E-state index contributed by atoms with van der Waals surface area (Å²) in [5, 5.41) is 6.20. The van der Waals surface area contributed by atoms with Gasteiger partial charge in [-0.3, -0.25) is 9.78 Å². The fourth-order valence-electron chi connectivity index (χ4n) is 3.46. The lowest BCUT2D eigenvalue weighted by atomic mass is 10.1. The predicted octanol–water partition coefficient (Wildman–Crippen LogP) is 5.66. The first kappa shape index (κ1) is 23.3. The summed E-state index contributed by atoms with van der Waals surface area (Å²) in [5.41, 5.74) is 2.38. The lowest BCUT2D eigenvalue weighted by Crippen LogP contribution is -2.25. The van der Waals surface area contributed by atoms with Gasteiger partial charge in [-0.1, -0.05) is 35.9 Å². The van der Waals surface area contributed by atoms with Crippen LogP contribution in [0.2, 0.25) is 5.02 Å². The molecule has 0 radical (unpaired) electrons. The predicted molar refractivity (Wildman–Crippen MR) is 129 cm³/mol. The highest BCUT2D eigenvalue weighted by Crippen LogP contribution is 2.31. The van der Waals surface area contributed by atoms with Crippen LogP contribution in [0.4, 0.5) is 14.6 Å². The first-order chi connectivity index (χ1) is 16.5. The number of aromatic nitrogens is 2. The third kappa shape index (κ3) is 5.74. The summed E-state index contributed by atoms with van der Waals surface area (Å²) >= 11 is 6.21. The Bertz CT molecular complexity index is 1280. The minimum absolute atomic E-state index is 0.152. The van der Waals surface area contributed by atoms with Crippen LogP contribution in [0.5, 0.6) is 0 Å². The van der Waals surface area contributed by atoms with E-state index in [1.807, 2.05) is 12.1 Å². The second-order valence-electron chi connectivity index (χ2n) is 7.54. The van der Waals surface area contributed by atoms with Crippen molar-refractivity contribution < 1.29 is 13.6 Å². The van der Waals surface area contributed by atoms with Gasteiger partial charge in [-0.25, -0.2) is 13.8 Å². The zero-order chi connectivity index (χ0) is 23.9. The molecular weight excluding hydrogens is 458 g/mol. The van der Waals surface area contributed by atoms with Crippen LogP contribution in [0.1, 0.15) is 21.5 Å². The van der Waals surface area contributed by atoms with E-state index in [4.69, 9.17) is 11.6 Å². The second kappa shape index (κ2) is 10.9. The van der Waals surface area contributed by atoms with Crippen LogP contribution >= 0.6 is 11.6 Å². The van der Waals surface area contributed by atoms with Crippen molar-refractivity contribution in [3.8, 4) is 11.3 Å². The van der Waals surface area contributed by atoms with Crippen molar-refractivity contribution in [2.75, 3.05) is 11.9 Å². The van der Waals surface area contributed by atoms with E-state index in [1.54, 1.807) is 42.7 Å². The van der Waals surface area contributed by atoms with Crippen LogP contribution in [-0.2, 0) is 13.0 Å². The minimum atomic E-state index is -0.514. The molecule has 2 aromatic heterocycles. The van der Waals surface area contributed by atoms with Gasteiger partial charge in [0.1, 0.15) is 17.5 Å². The Morgan fingerprint density at radius 2 is 1.79 bits per heavy atom. The highest BCUT2D eigenvalue weighted by atomic mass is 35.5. The zero-order valence-electron chi connectivity index (χ0n) is 18.1. The zero-order valence-corrected chi connectivity index (χ0v) is 18.8. The Morgan fingerprint density at radius 1 is 0.971 bits per heavy atom. The summed E-state index contributed by atoms with van der Waals surface area (Å²) in [6.07, 6.45) is 3.82. The molecular formula is C26H21ClF2N4O. The molecule has 2 N–H and O–H groups in total. The number of pyridine rings is 2. The van der Waals surface area contributed by atoms with Gasteiger partial charge in [-0.05, 0) is 60.0 Å². The summed E-state index contributed by atoms with van der Waals surface area (Å²) < 4.78 is 28.0. The first-order valence-electron chi connectivity index (χ1n) is 10.6. The van der Waals surface area contributed by atoms with E-state index in [2.05, 4.69) is 20.6 Å². The van der Waals surface area contributed by atoms with Crippen molar-refractivity contribution in [1.82, 2.24) is 15.3 Å². The first-order valence-corrected chi connectivity index (χ1v) is 11.0. The maximum Gasteiger partial charge on any atom is 0.255 e. The summed E-state index contributed by atoms with van der Waals surface area (Å²) in [4.78, 5) is 21.5. The van der Waals surface area contributed by atoms with E-state index in [0.29, 0.717) is 24.2 Å². The van der Waals surface area contributed by atoms with E-state index in [0.717, 1.165) is 11.1 Å². The molecule has 172 valence electrons. The fraction of sp³-hybridized carbons (Fsp3) is 0.115. The Kier molecular flexibility index (Phi) is 7.44. The minimum Gasteiger partial charge on any atom is -0.369 e. The number of nitrogens with zero attached hydrogens (tertiary/aromatic N) is 2. The van der Waals surface area contributed by atoms with Gasteiger partial charge < -0.3 is 10.6 Å². The molecule has 1 amide bonds. The molecule has 0 unspecified atom stereocenters. The van der Waals surface area contributed by atoms with Crippen molar-refractivity contribution in [2.45, 2.75) is 13.0 Å². The maximum atomic E-state index is 14.5. The molecule has 0 saturated carbocycles. The van der Waals surface area contributed by atoms with Gasteiger partial charge >= 0.3 is 0 Å². The number of amides is 1. The number of benzene rings is 2. The Balaban J connectivity index is 1.59. The van der Waals surface area contributed by atoms with E-state index < -0.39 is 5.82 Å². The largest absolute Gasteiger partial charge is 0.369 e. The van der Waals surface area contributed by atoms with Crippen LogP contribution in [0.15, 0.2) is 79.1 Å². The molecule has 0 aliphatic rings. The van der Waals surface area contributed by atoms with Crippen LogP contribution in [0.25, 0.3) is 11.3 Å². The molecule has 0 spiro atoms. The number of rotatable bonds is 8. The Hall–Kier alpha value is -3.84. The van der Waals surface area contributed by atoms with E-state index in [1.165, 1.54) is 24.3 Å². The summed E-state index contributed by atoms with van der Waals surface area (Å²) in [6, 6.07) is 17.5. The number of anilines is 1. The molecule has 4 aromatic rings. The third-order valence-corrected chi connectivity index (χ3v) is 5.44. The number of hydrogen-bond donors (Lipinski definition) is 2. The smallest absolute Gasteiger partial charge is 0.255 e. The number of hydrogen-bond acceptors (Lipinski definition) is 4. The molecule has 34 heavy (non-hydrogen) atoms. The highest BCUT2D eigenvalue weighted by molar-refractivity contribution is 6.33. The van der Waals surface area contributed by atoms with Crippen molar-refractivity contribution in [3.05, 3.63) is 112 Å². The van der Waals surface area contributed by atoms with Gasteiger partial charge in [0, 0.05) is 25.5 Å². The summed E-state index contributed by atoms with van der Waals surface area (Å²) in [5.74, 6) is -0.908. The van der Waals surface area contributed by atoms with Crippen LogP contribution in [0, 0.1) is 11.6 Å². The van der Waals surface area contributed by atoms with Crippen LogP contribution in [0.3, 0.4) is 0 Å². The van der Waals surface area contributed by atoms with Crippen LogP contribution in [-0.4, -0.2) is 22.4 Å². The van der Waals surface area contributed by atoms with Crippen molar-refractivity contribution in [3.63, 3.8) is 0 Å². The van der Waals surface area contributed by atoms with Crippen molar-refractivity contribution in [1.29, 1.82) is 0 Å². The molecule has 0 aliphatic carbocycles. The SMILES string of the molecule is O=C(NCc1cccnc1)c1ccc(-c2c(F)cccc2Cl)nc1NCCc1cccc(F)c1. The molecule has 0 bridgehead atoms. The van der Waals surface area contributed by atoms with Crippen LogP contribution < -0.4 is 10.6 Å². The molecule has 2 heterocycles. The molecule has 8 heteroatoms. The average Bonchev–Trinajstić information content (AvgIpc) is 2.83. The summed E-state index contributed by atoms with van der Waals surface area (Å²) in [6.45, 7) is 0.671. The van der Waals surface area contributed by atoms with Crippen molar-refractivity contribution in [2.24, 2.45) is 0 Å². The second-order valence-corrected chi connectivity index (χ2v) is 7.95. The highest BCUT2D eigenvalue weighted by Gasteiger charge is 2.17. The fourth-order valence-corrected chi connectivity index (χ4v) is 3.72. The monoisotopic (exact) mass is 478 g/mol. The van der Waals surface area contributed by atoms with Gasteiger partial charge in [0.05, 0.1) is 21.8 Å². The Labute approximate surface area is 200 Å². The number of halogens is 3. The molecule has 2 aromatic carbocycles. The van der Waals surface area contributed by atoms with Gasteiger partial charge in [-0.15, -0.1) is 0 Å². The molecule has 0 aliphatic heterocycles. The van der Waals surface area contributed by atoms with Gasteiger partial charge in [-0.2, -0.15) is 0 Å². The third-order valence-electron chi connectivity index (χ3n) is 5.13. The van der Waals surface area contributed by atoms with Crippen molar-refractivity contribution >= 4 is 23.3 Å². The number of carbonyl (C=O) groups excluding carboxylic acids is 1. The molecule has 0 atom stereocenters. The standard InChI is InChI=1S/C26H21ClF2N4O/c27-21-7-2-8-22(29)24(21)23-10-9-20(26(34)32-16-18-5-3-12-30-15-18)25(33-23)31-13-11-17-4-1-6-19(28)14-17/h1-10,12,14-15H,11,13,16H2,(H,31,33)(H,32,34). The number of carbonyl (C=O) groups is 1. The molecule has 0 fully saturated rings. The Morgan fingerprint density at radius 3 is 2.56 bits per heavy atom.